The first-order valence-electron chi connectivity index (χ1n) is 8.68. The Morgan fingerprint density at radius 3 is 2.79 bits per heavy atom. The zero-order valence-corrected chi connectivity index (χ0v) is 14.6. The molecule has 2 heterocycles. The molecule has 1 aromatic heterocycles. The van der Waals surface area contributed by atoms with Crippen LogP contribution in [0.3, 0.4) is 0 Å². The Hall–Kier alpha value is -1.53. The fourth-order valence-corrected chi connectivity index (χ4v) is 3.66. The largest absolute Gasteiger partial charge is 0.320 e. The third kappa shape index (κ3) is 3.30. The predicted octanol–water partition coefficient (Wildman–Crippen LogP) is 3.77. The zero-order chi connectivity index (χ0) is 17.3. The molecule has 0 N–H and O–H groups in total. The summed E-state index contributed by atoms with van der Waals surface area (Å²) in [6, 6.07) is 7.03. The Balaban J connectivity index is 1.82. The van der Waals surface area contributed by atoms with Crippen LogP contribution in [0.5, 0.6) is 0 Å². The van der Waals surface area contributed by atoms with Gasteiger partial charge in [0.25, 0.3) is 0 Å². The number of fused-ring (bicyclic) bond motifs is 1. The van der Waals surface area contributed by atoms with Crippen molar-refractivity contribution in [2.75, 3.05) is 33.2 Å². The monoisotopic (exact) mass is 336 g/mol. The molecule has 1 saturated heterocycles. The smallest absolute Gasteiger partial charge is 0.306 e. The van der Waals surface area contributed by atoms with Gasteiger partial charge >= 0.3 is 6.55 Å². The lowest BCUT2D eigenvalue weighted by Crippen LogP contribution is -2.30. The Morgan fingerprint density at radius 1 is 1.33 bits per heavy atom. The molecule has 3 rings (SSSR count). The van der Waals surface area contributed by atoms with Gasteiger partial charge in [0.2, 0.25) is 0 Å². The van der Waals surface area contributed by atoms with E-state index >= 15 is 0 Å². The van der Waals surface area contributed by atoms with Crippen LogP contribution in [0.15, 0.2) is 24.3 Å². The number of para-hydroxylation sites is 2. The van der Waals surface area contributed by atoms with Crippen LogP contribution in [0.4, 0.5) is 8.78 Å². The van der Waals surface area contributed by atoms with E-state index < -0.39 is 6.55 Å². The van der Waals surface area contributed by atoms with Crippen LogP contribution in [0.25, 0.3) is 11.0 Å². The summed E-state index contributed by atoms with van der Waals surface area (Å²) in [4.78, 5) is 9.11. The van der Waals surface area contributed by atoms with E-state index in [4.69, 9.17) is 0 Å². The molecule has 24 heavy (non-hydrogen) atoms. The van der Waals surface area contributed by atoms with Crippen molar-refractivity contribution in [1.82, 2.24) is 19.4 Å². The second-order valence-electron chi connectivity index (χ2n) is 6.79. The summed E-state index contributed by atoms with van der Waals surface area (Å²) in [5, 5.41) is 0. The molecule has 132 valence electrons. The zero-order valence-electron chi connectivity index (χ0n) is 14.6. The van der Waals surface area contributed by atoms with Crippen molar-refractivity contribution in [2.24, 2.45) is 5.92 Å². The molecule has 0 unspecified atom stereocenters. The van der Waals surface area contributed by atoms with Crippen LogP contribution in [-0.4, -0.2) is 52.6 Å². The normalized spacial score (nSPS) is 20.5. The van der Waals surface area contributed by atoms with Gasteiger partial charge in [-0.15, -0.1) is 0 Å². The number of halogens is 2. The lowest BCUT2D eigenvalue weighted by atomic mass is 10.1. The maximum Gasteiger partial charge on any atom is 0.320 e. The fourth-order valence-electron chi connectivity index (χ4n) is 3.66. The van der Waals surface area contributed by atoms with Gasteiger partial charge in [0.15, 0.2) is 0 Å². The number of nitrogens with zero attached hydrogens (tertiary/aromatic N) is 4. The number of rotatable bonds is 6. The number of hydrogen-bond acceptors (Lipinski definition) is 3. The van der Waals surface area contributed by atoms with Crippen LogP contribution in [0.2, 0.25) is 0 Å². The Kier molecular flexibility index (Phi) is 5.15. The maximum absolute atomic E-state index is 13.6. The number of aromatic nitrogens is 2. The molecule has 2 atom stereocenters. The average Bonchev–Trinajstić information content (AvgIpc) is 3.18. The van der Waals surface area contributed by atoms with Gasteiger partial charge in [0, 0.05) is 13.1 Å². The van der Waals surface area contributed by atoms with Gasteiger partial charge in [-0.25, -0.2) is 4.98 Å². The highest BCUT2D eigenvalue weighted by atomic mass is 19.3. The van der Waals surface area contributed by atoms with Crippen molar-refractivity contribution < 1.29 is 8.78 Å². The molecule has 4 nitrogen and oxygen atoms in total. The molecule has 1 fully saturated rings. The third-order valence-electron chi connectivity index (χ3n) is 5.17. The molecular weight excluding hydrogens is 310 g/mol. The van der Waals surface area contributed by atoms with Crippen molar-refractivity contribution in [3.63, 3.8) is 0 Å². The van der Waals surface area contributed by atoms with Crippen LogP contribution in [-0.2, 0) is 0 Å². The van der Waals surface area contributed by atoms with E-state index in [1.165, 1.54) is 0 Å². The first-order valence-corrected chi connectivity index (χ1v) is 8.68. The Bertz CT molecular complexity index is 685. The molecule has 0 spiro atoms. The number of imidazole rings is 1. The summed E-state index contributed by atoms with van der Waals surface area (Å²) in [5.41, 5.74) is 1.15. The molecular formula is C18H26F2N4. The van der Waals surface area contributed by atoms with E-state index in [2.05, 4.69) is 28.8 Å². The highest BCUT2D eigenvalue weighted by Gasteiger charge is 2.31. The van der Waals surface area contributed by atoms with E-state index in [-0.39, 0.29) is 6.04 Å². The number of benzene rings is 1. The molecule has 0 saturated carbocycles. The van der Waals surface area contributed by atoms with Crippen molar-refractivity contribution in [3.05, 3.63) is 30.1 Å². The van der Waals surface area contributed by atoms with Crippen molar-refractivity contribution in [2.45, 2.75) is 32.9 Å². The lowest BCUT2D eigenvalue weighted by Gasteiger charge is -2.25. The summed E-state index contributed by atoms with van der Waals surface area (Å²) in [6.07, 6.45) is 1.11. The number of alkyl halides is 2. The Morgan fingerprint density at radius 2 is 2.08 bits per heavy atom. The quantitative estimate of drug-likeness (QED) is 0.803. The van der Waals surface area contributed by atoms with Crippen LogP contribution < -0.4 is 0 Å². The third-order valence-corrected chi connectivity index (χ3v) is 5.17. The maximum atomic E-state index is 13.6. The van der Waals surface area contributed by atoms with Gasteiger partial charge < -0.3 is 4.90 Å². The summed E-state index contributed by atoms with van der Waals surface area (Å²) in [5.74, 6) is 1.07. The molecule has 1 aliphatic heterocycles. The standard InChI is InChI=1S/C18H26F2N4/c1-4-22(3)11-14-9-10-23(12-14)13(2)17-21-15-7-5-6-8-16(15)24(17)18(19)20/h5-8,13-14,18H,4,9-12H2,1-3H3/t13-,14-/m0/s1. The molecule has 2 aromatic rings. The van der Waals surface area contributed by atoms with Gasteiger partial charge in [0.1, 0.15) is 5.82 Å². The second kappa shape index (κ2) is 7.15. The van der Waals surface area contributed by atoms with Crippen molar-refractivity contribution >= 4 is 11.0 Å². The molecule has 0 aliphatic carbocycles. The van der Waals surface area contributed by atoms with Gasteiger partial charge in [-0.05, 0) is 51.5 Å². The topological polar surface area (TPSA) is 24.3 Å². The average molecular weight is 336 g/mol. The summed E-state index contributed by atoms with van der Waals surface area (Å²) < 4.78 is 28.3. The molecule has 0 amide bonds. The first kappa shape index (κ1) is 17.3. The molecule has 0 radical (unpaired) electrons. The fraction of sp³-hybridized carbons (Fsp3) is 0.611. The SMILES string of the molecule is CCN(C)C[C@@H]1CCN([C@@H](C)c2nc3ccccc3n2C(F)F)C1. The first-order chi connectivity index (χ1) is 11.5. The predicted molar refractivity (Wildman–Crippen MR) is 92.3 cm³/mol. The van der Waals surface area contributed by atoms with Gasteiger partial charge in [0.05, 0.1) is 17.1 Å². The Labute approximate surface area is 142 Å². The summed E-state index contributed by atoms with van der Waals surface area (Å²) in [6.45, 7) is 5.55. The lowest BCUT2D eigenvalue weighted by molar-refractivity contribution is 0.0657. The molecule has 6 heteroatoms. The number of likely N-dealkylation sites (tertiary alicyclic amines) is 1. The number of hydrogen-bond donors (Lipinski definition) is 0. The molecule has 1 aliphatic rings. The minimum atomic E-state index is -2.57. The second-order valence-corrected chi connectivity index (χ2v) is 6.79. The van der Waals surface area contributed by atoms with E-state index in [0.29, 0.717) is 22.8 Å². The highest BCUT2D eigenvalue weighted by Crippen LogP contribution is 2.32. The van der Waals surface area contributed by atoms with E-state index in [1.807, 2.05) is 13.0 Å². The van der Waals surface area contributed by atoms with Gasteiger partial charge in [-0.2, -0.15) is 8.78 Å². The van der Waals surface area contributed by atoms with Gasteiger partial charge in [-0.3, -0.25) is 9.47 Å². The van der Waals surface area contributed by atoms with E-state index in [0.717, 1.165) is 37.2 Å². The minimum absolute atomic E-state index is 0.108. The summed E-state index contributed by atoms with van der Waals surface area (Å²) in [7, 11) is 2.13. The van der Waals surface area contributed by atoms with Crippen LogP contribution >= 0.6 is 0 Å². The highest BCUT2D eigenvalue weighted by molar-refractivity contribution is 5.76. The van der Waals surface area contributed by atoms with E-state index in [9.17, 15) is 8.78 Å². The van der Waals surface area contributed by atoms with Crippen molar-refractivity contribution in [3.8, 4) is 0 Å². The minimum Gasteiger partial charge on any atom is -0.306 e. The van der Waals surface area contributed by atoms with Crippen LogP contribution in [0, 0.1) is 5.92 Å². The molecule has 1 aromatic carbocycles. The van der Waals surface area contributed by atoms with Crippen molar-refractivity contribution in [1.29, 1.82) is 0 Å². The molecule has 0 bridgehead atoms. The van der Waals surface area contributed by atoms with Gasteiger partial charge in [-0.1, -0.05) is 19.1 Å². The van der Waals surface area contributed by atoms with E-state index in [1.54, 1.807) is 18.2 Å². The van der Waals surface area contributed by atoms with Crippen LogP contribution in [0.1, 0.15) is 38.7 Å². The summed E-state index contributed by atoms with van der Waals surface area (Å²) >= 11 is 0.